The van der Waals surface area contributed by atoms with Gasteiger partial charge in [-0.25, -0.2) is 0 Å². The van der Waals surface area contributed by atoms with E-state index in [0.717, 1.165) is 12.8 Å². The van der Waals surface area contributed by atoms with Crippen molar-refractivity contribution in [1.82, 2.24) is 4.90 Å². The van der Waals surface area contributed by atoms with Crippen molar-refractivity contribution in [1.29, 1.82) is 0 Å². The standard InChI is InChI=1S/C15H21ClN2O3/c1-3-6-21-14-12(16)7-10(8-13(14)20-2)15(19)18-5-4-11(17)9-18/h7-8,11H,3-6,9,17H2,1-2H3/t11-/m0/s1. The first-order valence-corrected chi connectivity index (χ1v) is 7.49. The zero-order chi connectivity index (χ0) is 15.4. The Hall–Kier alpha value is -1.46. The fourth-order valence-corrected chi connectivity index (χ4v) is 2.61. The highest BCUT2D eigenvalue weighted by atomic mass is 35.5. The largest absolute Gasteiger partial charge is 0.493 e. The summed E-state index contributed by atoms with van der Waals surface area (Å²) in [6.07, 6.45) is 1.69. The minimum absolute atomic E-state index is 0.0541. The van der Waals surface area contributed by atoms with Gasteiger partial charge in [-0.15, -0.1) is 0 Å². The molecule has 1 aromatic rings. The molecule has 5 nitrogen and oxygen atoms in total. The SMILES string of the molecule is CCCOc1c(Cl)cc(C(=O)N2CC[C@H](N)C2)cc1OC. The number of carbonyl (C=O) groups is 1. The minimum Gasteiger partial charge on any atom is -0.493 e. The lowest BCUT2D eigenvalue weighted by Gasteiger charge is -2.18. The number of nitrogens with zero attached hydrogens (tertiary/aromatic N) is 1. The number of likely N-dealkylation sites (tertiary alicyclic amines) is 1. The van der Waals surface area contributed by atoms with Crippen molar-refractivity contribution < 1.29 is 14.3 Å². The van der Waals surface area contributed by atoms with Gasteiger partial charge < -0.3 is 20.1 Å². The highest BCUT2D eigenvalue weighted by Crippen LogP contribution is 2.37. The Labute approximate surface area is 130 Å². The fourth-order valence-electron chi connectivity index (χ4n) is 2.34. The van der Waals surface area contributed by atoms with Crippen LogP contribution in [0.3, 0.4) is 0 Å². The number of amides is 1. The van der Waals surface area contributed by atoms with E-state index in [1.165, 1.54) is 7.11 Å². The van der Waals surface area contributed by atoms with Crippen molar-refractivity contribution in [3.63, 3.8) is 0 Å². The number of ether oxygens (including phenoxy) is 2. The molecule has 0 aliphatic carbocycles. The molecule has 116 valence electrons. The Morgan fingerprint density at radius 2 is 2.29 bits per heavy atom. The number of methoxy groups -OCH3 is 1. The zero-order valence-corrected chi connectivity index (χ0v) is 13.2. The third-order valence-electron chi connectivity index (χ3n) is 3.44. The van der Waals surface area contributed by atoms with Crippen molar-refractivity contribution in [2.24, 2.45) is 5.73 Å². The molecule has 1 aliphatic rings. The molecule has 1 aromatic carbocycles. The molecule has 1 aliphatic heterocycles. The Kier molecular flexibility index (Phi) is 5.31. The lowest BCUT2D eigenvalue weighted by Crippen LogP contribution is -2.31. The van der Waals surface area contributed by atoms with E-state index in [1.54, 1.807) is 17.0 Å². The third-order valence-corrected chi connectivity index (χ3v) is 3.72. The summed E-state index contributed by atoms with van der Waals surface area (Å²) in [7, 11) is 1.53. The van der Waals surface area contributed by atoms with Gasteiger partial charge in [0, 0.05) is 24.7 Å². The van der Waals surface area contributed by atoms with Crippen molar-refractivity contribution in [3.05, 3.63) is 22.7 Å². The van der Waals surface area contributed by atoms with Crippen LogP contribution >= 0.6 is 11.6 Å². The van der Waals surface area contributed by atoms with Gasteiger partial charge in [0.05, 0.1) is 18.7 Å². The molecule has 0 saturated carbocycles. The van der Waals surface area contributed by atoms with Gasteiger partial charge in [0.1, 0.15) is 0 Å². The highest BCUT2D eigenvalue weighted by molar-refractivity contribution is 6.32. The molecule has 2 N–H and O–H groups in total. The average Bonchev–Trinajstić information content (AvgIpc) is 2.91. The summed E-state index contributed by atoms with van der Waals surface area (Å²) in [5.41, 5.74) is 6.34. The number of nitrogens with two attached hydrogens (primary N) is 1. The molecular weight excluding hydrogens is 292 g/mol. The second-order valence-corrected chi connectivity index (χ2v) is 5.55. The van der Waals surface area contributed by atoms with E-state index in [2.05, 4.69) is 0 Å². The first kappa shape index (κ1) is 15.9. The Bertz CT molecular complexity index is 522. The van der Waals surface area contributed by atoms with Crippen LogP contribution in [0.15, 0.2) is 12.1 Å². The Balaban J connectivity index is 2.24. The maximum Gasteiger partial charge on any atom is 0.254 e. The quantitative estimate of drug-likeness (QED) is 0.906. The third kappa shape index (κ3) is 3.60. The maximum absolute atomic E-state index is 12.5. The summed E-state index contributed by atoms with van der Waals surface area (Å²) >= 11 is 6.23. The summed E-state index contributed by atoms with van der Waals surface area (Å²) in [4.78, 5) is 14.2. The van der Waals surface area contributed by atoms with Gasteiger partial charge in [-0.3, -0.25) is 4.79 Å². The van der Waals surface area contributed by atoms with Gasteiger partial charge in [-0.1, -0.05) is 18.5 Å². The lowest BCUT2D eigenvalue weighted by molar-refractivity contribution is 0.0790. The molecule has 1 fully saturated rings. The smallest absolute Gasteiger partial charge is 0.254 e. The maximum atomic E-state index is 12.5. The van der Waals surface area contributed by atoms with E-state index < -0.39 is 0 Å². The summed E-state index contributed by atoms with van der Waals surface area (Å²) in [5.74, 6) is 0.878. The van der Waals surface area contributed by atoms with Crippen LogP contribution in [0.25, 0.3) is 0 Å². The van der Waals surface area contributed by atoms with Crippen LogP contribution in [0.2, 0.25) is 5.02 Å². The number of hydrogen-bond donors (Lipinski definition) is 1. The Morgan fingerprint density at radius 3 is 2.86 bits per heavy atom. The normalized spacial score (nSPS) is 17.9. The number of halogens is 1. The molecule has 1 saturated heterocycles. The average molecular weight is 313 g/mol. The van der Waals surface area contributed by atoms with E-state index in [1.807, 2.05) is 6.92 Å². The summed E-state index contributed by atoms with van der Waals surface area (Å²) in [6, 6.07) is 3.35. The number of hydrogen-bond acceptors (Lipinski definition) is 4. The molecular formula is C15H21ClN2O3. The molecule has 0 radical (unpaired) electrons. The predicted octanol–water partition coefficient (Wildman–Crippen LogP) is 2.31. The molecule has 2 rings (SSSR count). The van der Waals surface area contributed by atoms with Crippen LogP contribution in [0, 0.1) is 0 Å². The van der Waals surface area contributed by atoms with Crippen molar-refractivity contribution in [2.45, 2.75) is 25.8 Å². The highest BCUT2D eigenvalue weighted by Gasteiger charge is 2.26. The van der Waals surface area contributed by atoms with Gasteiger partial charge in [0.15, 0.2) is 11.5 Å². The first-order chi connectivity index (χ1) is 10.1. The molecule has 0 bridgehead atoms. The number of carbonyl (C=O) groups excluding carboxylic acids is 1. The van der Waals surface area contributed by atoms with Crippen LogP contribution in [-0.4, -0.2) is 43.7 Å². The van der Waals surface area contributed by atoms with Crippen LogP contribution in [0.5, 0.6) is 11.5 Å². The number of benzene rings is 1. The minimum atomic E-state index is -0.0785. The predicted molar refractivity (Wildman–Crippen MR) is 82.3 cm³/mol. The molecule has 0 spiro atoms. The second-order valence-electron chi connectivity index (χ2n) is 5.14. The monoisotopic (exact) mass is 312 g/mol. The lowest BCUT2D eigenvalue weighted by atomic mass is 10.1. The van der Waals surface area contributed by atoms with Gasteiger partial charge in [0.2, 0.25) is 0 Å². The molecule has 0 unspecified atom stereocenters. The van der Waals surface area contributed by atoms with E-state index >= 15 is 0 Å². The molecule has 1 atom stereocenters. The molecule has 6 heteroatoms. The topological polar surface area (TPSA) is 64.8 Å². The van der Waals surface area contributed by atoms with Crippen molar-refractivity contribution in [3.8, 4) is 11.5 Å². The molecule has 1 heterocycles. The van der Waals surface area contributed by atoms with Crippen molar-refractivity contribution >= 4 is 17.5 Å². The number of rotatable bonds is 5. The van der Waals surface area contributed by atoms with Crippen LogP contribution < -0.4 is 15.2 Å². The molecule has 0 aromatic heterocycles. The Morgan fingerprint density at radius 1 is 1.52 bits per heavy atom. The second kappa shape index (κ2) is 7.00. The molecule has 21 heavy (non-hydrogen) atoms. The van der Waals surface area contributed by atoms with Crippen molar-refractivity contribution in [2.75, 3.05) is 26.8 Å². The van der Waals surface area contributed by atoms with Gasteiger partial charge in [-0.2, -0.15) is 0 Å². The van der Waals surface area contributed by atoms with Crippen LogP contribution in [0.4, 0.5) is 0 Å². The first-order valence-electron chi connectivity index (χ1n) is 7.12. The summed E-state index contributed by atoms with van der Waals surface area (Å²) < 4.78 is 10.9. The van der Waals surface area contributed by atoms with E-state index in [4.69, 9.17) is 26.8 Å². The van der Waals surface area contributed by atoms with Gasteiger partial charge in [0.25, 0.3) is 5.91 Å². The van der Waals surface area contributed by atoms with Crippen LogP contribution in [-0.2, 0) is 0 Å². The summed E-state index contributed by atoms with van der Waals surface area (Å²) in [5, 5.41) is 0.384. The van der Waals surface area contributed by atoms with E-state index in [-0.39, 0.29) is 11.9 Å². The summed E-state index contributed by atoms with van der Waals surface area (Å²) in [6.45, 7) is 3.81. The van der Waals surface area contributed by atoms with Gasteiger partial charge in [-0.05, 0) is 25.0 Å². The zero-order valence-electron chi connectivity index (χ0n) is 12.4. The fraction of sp³-hybridized carbons (Fsp3) is 0.533. The van der Waals surface area contributed by atoms with E-state index in [9.17, 15) is 4.79 Å². The van der Waals surface area contributed by atoms with E-state index in [0.29, 0.717) is 41.8 Å². The van der Waals surface area contributed by atoms with Crippen LogP contribution in [0.1, 0.15) is 30.1 Å². The molecule has 1 amide bonds. The van der Waals surface area contributed by atoms with Gasteiger partial charge >= 0.3 is 0 Å².